The molecule has 1 aliphatic heterocycles. The number of carbonyl (C=O) groups is 1. The van der Waals surface area contributed by atoms with E-state index in [-0.39, 0.29) is 6.09 Å². The molecular weight excluding hydrogens is 356 g/mol. The third-order valence-electron chi connectivity index (χ3n) is 3.83. The van der Waals surface area contributed by atoms with Gasteiger partial charge in [0.05, 0.1) is 0 Å². The van der Waals surface area contributed by atoms with Crippen molar-refractivity contribution in [2.75, 3.05) is 19.6 Å². The third kappa shape index (κ3) is 6.51. The Bertz CT molecular complexity index is 511. The zero-order chi connectivity index (χ0) is 16.9. The number of hydrogen-bond acceptors (Lipinski definition) is 3. The van der Waals surface area contributed by atoms with Gasteiger partial charge in [-0.3, -0.25) is 0 Å². The first kappa shape index (κ1) is 18.3. The normalized spacial score (nSPS) is 18.8. The molecular formula is C18H27BrN2O2. The number of hydrogen-bond donors (Lipinski definition) is 1. The first-order valence-corrected chi connectivity index (χ1v) is 9.08. The number of amides is 1. The fourth-order valence-corrected chi connectivity index (χ4v) is 2.97. The molecule has 23 heavy (non-hydrogen) atoms. The Morgan fingerprint density at radius 3 is 2.70 bits per heavy atom. The molecule has 4 nitrogen and oxygen atoms in total. The van der Waals surface area contributed by atoms with Crippen LogP contribution < -0.4 is 5.32 Å². The van der Waals surface area contributed by atoms with E-state index in [0.29, 0.717) is 6.04 Å². The van der Waals surface area contributed by atoms with Gasteiger partial charge in [0.2, 0.25) is 0 Å². The lowest BCUT2D eigenvalue weighted by molar-refractivity contribution is 0.0188. The topological polar surface area (TPSA) is 41.6 Å². The maximum Gasteiger partial charge on any atom is 0.410 e. The number of halogens is 1. The van der Waals surface area contributed by atoms with Crippen molar-refractivity contribution < 1.29 is 9.53 Å². The van der Waals surface area contributed by atoms with Crippen LogP contribution in [0.5, 0.6) is 0 Å². The van der Waals surface area contributed by atoms with Crippen molar-refractivity contribution in [2.24, 2.45) is 0 Å². The molecule has 5 heteroatoms. The van der Waals surface area contributed by atoms with Gasteiger partial charge in [0.15, 0.2) is 0 Å². The summed E-state index contributed by atoms with van der Waals surface area (Å²) in [6.07, 6.45) is 2.93. The molecule has 1 fully saturated rings. The molecule has 0 aliphatic carbocycles. The van der Waals surface area contributed by atoms with Crippen LogP contribution in [0.3, 0.4) is 0 Å². The standard InChI is InChI=1S/C18H27BrN2O2/c1-18(2,3)23-17(22)21-12-4-5-16(13-21)20-11-10-14-6-8-15(19)9-7-14/h6-9,16,20H,4-5,10-13H2,1-3H3/t16-/m0/s1. The Kier molecular flexibility index (Phi) is 6.48. The minimum atomic E-state index is -0.432. The number of nitrogens with zero attached hydrogens (tertiary/aromatic N) is 1. The second kappa shape index (κ2) is 8.15. The predicted molar refractivity (Wildman–Crippen MR) is 96.7 cm³/mol. The Morgan fingerprint density at radius 1 is 1.35 bits per heavy atom. The van der Waals surface area contributed by atoms with E-state index in [1.165, 1.54) is 5.56 Å². The zero-order valence-corrected chi connectivity index (χ0v) is 15.9. The Labute approximate surface area is 147 Å². The smallest absolute Gasteiger partial charge is 0.410 e. The van der Waals surface area contributed by atoms with E-state index in [4.69, 9.17) is 4.74 Å². The van der Waals surface area contributed by atoms with Crippen LogP contribution in [0.2, 0.25) is 0 Å². The molecule has 1 aromatic rings. The molecule has 0 radical (unpaired) electrons. The molecule has 1 heterocycles. The fraction of sp³-hybridized carbons (Fsp3) is 0.611. The lowest BCUT2D eigenvalue weighted by atomic mass is 10.1. The summed E-state index contributed by atoms with van der Waals surface area (Å²) in [6.45, 7) is 8.16. The molecule has 128 valence electrons. The molecule has 1 atom stereocenters. The Hall–Kier alpha value is -1.07. The van der Waals surface area contributed by atoms with Gasteiger partial charge in [0, 0.05) is 23.6 Å². The largest absolute Gasteiger partial charge is 0.444 e. The average Bonchev–Trinajstić information content (AvgIpc) is 2.48. The van der Waals surface area contributed by atoms with Gasteiger partial charge in [-0.05, 0) is 64.3 Å². The van der Waals surface area contributed by atoms with Gasteiger partial charge in [-0.15, -0.1) is 0 Å². The highest BCUT2D eigenvalue weighted by atomic mass is 79.9. The number of carbonyl (C=O) groups excluding carboxylic acids is 1. The second-order valence-corrected chi connectivity index (χ2v) is 8.01. The number of benzene rings is 1. The number of rotatable bonds is 4. The number of piperidine rings is 1. The summed E-state index contributed by atoms with van der Waals surface area (Å²) >= 11 is 3.45. The summed E-state index contributed by atoms with van der Waals surface area (Å²) in [7, 11) is 0. The highest BCUT2D eigenvalue weighted by Crippen LogP contribution is 2.16. The Balaban J connectivity index is 1.75. The lowest BCUT2D eigenvalue weighted by Gasteiger charge is -2.34. The van der Waals surface area contributed by atoms with Crippen molar-refractivity contribution in [3.05, 3.63) is 34.3 Å². The summed E-state index contributed by atoms with van der Waals surface area (Å²) in [5.74, 6) is 0. The maximum absolute atomic E-state index is 12.2. The average molecular weight is 383 g/mol. The highest BCUT2D eigenvalue weighted by molar-refractivity contribution is 9.10. The Morgan fingerprint density at radius 2 is 2.04 bits per heavy atom. The summed E-state index contributed by atoms with van der Waals surface area (Å²) < 4.78 is 6.57. The van der Waals surface area contributed by atoms with Crippen LogP contribution in [-0.2, 0) is 11.2 Å². The van der Waals surface area contributed by atoms with Crippen molar-refractivity contribution in [2.45, 2.75) is 51.7 Å². The van der Waals surface area contributed by atoms with Crippen molar-refractivity contribution in [3.8, 4) is 0 Å². The number of nitrogens with one attached hydrogen (secondary N) is 1. The quantitative estimate of drug-likeness (QED) is 0.855. The molecule has 1 saturated heterocycles. The predicted octanol–water partition coefficient (Wildman–Crippen LogP) is 3.98. The van der Waals surface area contributed by atoms with Crippen molar-refractivity contribution >= 4 is 22.0 Å². The van der Waals surface area contributed by atoms with Crippen molar-refractivity contribution in [1.29, 1.82) is 0 Å². The molecule has 1 aliphatic rings. The SMILES string of the molecule is CC(C)(C)OC(=O)N1CCC[C@H](NCCc2ccc(Br)cc2)C1. The van der Waals surface area contributed by atoms with Gasteiger partial charge in [-0.1, -0.05) is 28.1 Å². The second-order valence-electron chi connectivity index (χ2n) is 7.10. The molecule has 0 unspecified atom stereocenters. The van der Waals surface area contributed by atoms with Gasteiger partial charge in [0.1, 0.15) is 5.60 Å². The lowest BCUT2D eigenvalue weighted by Crippen LogP contribution is -2.49. The van der Waals surface area contributed by atoms with Gasteiger partial charge in [-0.2, -0.15) is 0 Å². The molecule has 2 rings (SSSR count). The van der Waals surface area contributed by atoms with Crippen molar-refractivity contribution in [3.63, 3.8) is 0 Å². The van der Waals surface area contributed by atoms with E-state index in [0.717, 1.165) is 43.4 Å². The van der Waals surface area contributed by atoms with Crippen LogP contribution in [0.1, 0.15) is 39.2 Å². The summed E-state index contributed by atoms with van der Waals surface area (Å²) in [5, 5.41) is 3.57. The van der Waals surface area contributed by atoms with Gasteiger partial charge >= 0.3 is 6.09 Å². The summed E-state index contributed by atoms with van der Waals surface area (Å²) in [5.41, 5.74) is 0.888. The van der Waals surface area contributed by atoms with E-state index >= 15 is 0 Å². The molecule has 1 N–H and O–H groups in total. The van der Waals surface area contributed by atoms with E-state index in [9.17, 15) is 4.79 Å². The van der Waals surface area contributed by atoms with E-state index in [1.807, 2.05) is 25.7 Å². The van der Waals surface area contributed by atoms with Crippen LogP contribution in [0, 0.1) is 0 Å². The van der Waals surface area contributed by atoms with Gasteiger partial charge in [0.25, 0.3) is 0 Å². The maximum atomic E-state index is 12.2. The highest BCUT2D eigenvalue weighted by Gasteiger charge is 2.27. The van der Waals surface area contributed by atoms with Gasteiger partial charge < -0.3 is 15.0 Å². The van der Waals surface area contributed by atoms with E-state index < -0.39 is 5.60 Å². The monoisotopic (exact) mass is 382 g/mol. The molecule has 0 saturated carbocycles. The van der Waals surface area contributed by atoms with Crippen LogP contribution in [0.15, 0.2) is 28.7 Å². The van der Waals surface area contributed by atoms with E-state index in [2.05, 4.69) is 45.5 Å². The van der Waals surface area contributed by atoms with Crippen LogP contribution in [0.4, 0.5) is 4.79 Å². The van der Waals surface area contributed by atoms with Gasteiger partial charge in [-0.25, -0.2) is 4.79 Å². The first-order valence-electron chi connectivity index (χ1n) is 8.29. The summed E-state index contributed by atoms with van der Waals surface area (Å²) in [4.78, 5) is 14.0. The molecule has 1 amide bonds. The third-order valence-corrected chi connectivity index (χ3v) is 4.36. The molecule has 0 bridgehead atoms. The van der Waals surface area contributed by atoms with Crippen molar-refractivity contribution in [1.82, 2.24) is 10.2 Å². The number of likely N-dealkylation sites (tertiary alicyclic amines) is 1. The summed E-state index contributed by atoms with van der Waals surface area (Å²) in [6, 6.07) is 8.77. The van der Waals surface area contributed by atoms with E-state index in [1.54, 1.807) is 0 Å². The minimum Gasteiger partial charge on any atom is -0.444 e. The van der Waals surface area contributed by atoms with Crippen LogP contribution >= 0.6 is 15.9 Å². The number of ether oxygens (including phenoxy) is 1. The minimum absolute atomic E-state index is 0.197. The molecule has 1 aromatic carbocycles. The zero-order valence-electron chi connectivity index (χ0n) is 14.3. The van der Waals surface area contributed by atoms with Crippen LogP contribution in [-0.4, -0.2) is 42.3 Å². The first-order chi connectivity index (χ1) is 10.8. The van der Waals surface area contributed by atoms with Crippen LogP contribution in [0.25, 0.3) is 0 Å². The molecule has 0 aromatic heterocycles. The molecule has 0 spiro atoms. The fourth-order valence-electron chi connectivity index (χ4n) is 2.71.